The molecule has 0 unspecified atom stereocenters. The molecule has 3 rings (SSSR count). The molecule has 0 bridgehead atoms. The Morgan fingerprint density at radius 3 is 2.59 bits per heavy atom. The van der Waals surface area contributed by atoms with Crippen molar-refractivity contribution in [2.75, 3.05) is 7.11 Å². The van der Waals surface area contributed by atoms with Gasteiger partial charge >= 0.3 is 0 Å². The highest BCUT2D eigenvalue weighted by atomic mass is 35.5. The van der Waals surface area contributed by atoms with Crippen molar-refractivity contribution in [2.45, 2.75) is 6.61 Å². The van der Waals surface area contributed by atoms with Crippen LogP contribution in [0.15, 0.2) is 48.7 Å². The van der Waals surface area contributed by atoms with Crippen LogP contribution >= 0.6 is 24.0 Å². The van der Waals surface area contributed by atoms with Crippen LogP contribution in [0.3, 0.4) is 0 Å². The molecule has 0 spiro atoms. The summed E-state index contributed by atoms with van der Waals surface area (Å²) in [6.07, 6.45) is 1.51. The highest BCUT2D eigenvalue weighted by Crippen LogP contribution is 2.34. The number of hydrogen-bond acceptors (Lipinski definition) is 4. The number of hydrogen-bond donors (Lipinski definition) is 0. The summed E-state index contributed by atoms with van der Waals surface area (Å²) in [7, 11) is 1.60. The Bertz CT molecular complexity index is 767. The molecule has 0 atom stereocenters. The second kappa shape index (κ2) is 7.29. The molecule has 22 heavy (non-hydrogen) atoms. The van der Waals surface area contributed by atoms with E-state index in [1.807, 2.05) is 36.4 Å². The molecule has 0 radical (unpaired) electrons. The molecule has 0 N–H and O–H groups in total. The second-order valence-corrected chi connectivity index (χ2v) is 4.89. The quantitative estimate of drug-likeness (QED) is 0.712. The maximum absolute atomic E-state index is 6.11. The van der Waals surface area contributed by atoms with Gasteiger partial charge in [-0.3, -0.25) is 0 Å². The molecule has 0 aliphatic heterocycles. The van der Waals surface area contributed by atoms with E-state index in [-0.39, 0.29) is 12.4 Å². The third-order valence-electron chi connectivity index (χ3n) is 3.11. The third-order valence-corrected chi connectivity index (χ3v) is 3.41. The monoisotopic (exact) mass is 336 g/mol. The summed E-state index contributed by atoms with van der Waals surface area (Å²) in [4.78, 5) is 0. The smallest absolute Gasteiger partial charge is 0.163 e. The highest BCUT2D eigenvalue weighted by molar-refractivity contribution is 6.35. The number of methoxy groups -OCH3 is 1. The van der Waals surface area contributed by atoms with E-state index in [0.717, 1.165) is 10.9 Å². The lowest BCUT2D eigenvalue weighted by molar-refractivity contribution is 0.285. The zero-order valence-electron chi connectivity index (χ0n) is 11.8. The van der Waals surface area contributed by atoms with Crippen molar-refractivity contribution in [3.05, 3.63) is 59.2 Å². The Morgan fingerprint density at radius 2 is 1.86 bits per heavy atom. The number of aromatic nitrogens is 2. The molecule has 1 heterocycles. The van der Waals surface area contributed by atoms with E-state index in [1.54, 1.807) is 13.2 Å². The van der Waals surface area contributed by atoms with Crippen molar-refractivity contribution in [2.24, 2.45) is 0 Å². The van der Waals surface area contributed by atoms with E-state index < -0.39 is 0 Å². The molecule has 6 heteroatoms. The van der Waals surface area contributed by atoms with Gasteiger partial charge in [0.15, 0.2) is 11.5 Å². The van der Waals surface area contributed by atoms with Gasteiger partial charge in [-0.1, -0.05) is 41.9 Å². The average molecular weight is 337 g/mol. The number of rotatable bonds is 4. The summed E-state index contributed by atoms with van der Waals surface area (Å²) >= 11 is 6.11. The normalized spacial score (nSPS) is 10.1. The third kappa shape index (κ3) is 3.40. The zero-order chi connectivity index (χ0) is 14.7. The summed E-state index contributed by atoms with van der Waals surface area (Å²) < 4.78 is 11.2. The molecule has 0 aliphatic carbocycles. The summed E-state index contributed by atoms with van der Waals surface area (Å²) in [6, 6.07) is 13.5. The molecule has 2 aromatic carbocycles. The van der Waals surface area contributed by atoms with Crippen LogP contribution in [0.25, 0.3) is 10.9 Å². The van der Waals surface area contributed by atoms with Gasteiger partial charge in [-0.15, -0.1) is 12.4 Å². The summed E-state index contributed by atoms with van der Waals surface area (Å²) in [5.74, 6) is 1.23. The fraction of sp³-hybridized carbons (Fsp3) is 0.125. The van der Waals surface area contributed by atoms with Gasteiger partial charge in [0.2, 0.25) is 0 Å². The predicted molar refractivity (Wildman–Crippen MR) is 89.1 cm³/mol. The standard InChI is InChI=1S/C16H13ClN2O2.ClH/c1-20-15-7-12-13(17)9-18-19-14(12)8-16(15)21-10-11-5-3-2-4-6-11;/h2-9H,10H2,1H3;1H. The van der Waals surface area contributed by atoms with Crippen LogP contribution < -0.4 is 9.47 Å². The van der Waals surface area contributed by atoms with E-state index in [9.17, 15) is 0 Å². The predicted octanol–water partition coefficient (Wildman–Crippen LogP) is 4.29. The molecule has 0 saturated heterocycles. The van der Waals surface area contributed by atoms with Crippen molar-refractivity contribution in [3.63, 3.8) is 0 Å². The largest absolute Gasteiger partial charge is 0.493 e. The van der Waals surface area contributed by atoms with Crippen LogP contribution in [0.2, 0.25) is 5.02 Å². The Hall–Kier alpha value is -2.04. The fourth-order valence-electron chi connectivity index (χ4n) is 2.04. The lowest BCUT2D eigenvalue weighted by atomic mass is 10.2. The van der Waals surface area contributed by atoms with Crippen LogP contribution in [-0.2, 0) is 6.61 Å². The van der Waals surface area contributed by atoms with Crippen LogP contribution in [-0.4, -0.2) is 17.3 Å². The van der Waals surface area contributed by atoms with Gasteiger partial charge in [-0.2, -0.15) is 10.2 Å². The van der Waals surface area contributed by atoms with Gasteiger partial charge in [0, 0.05) is 11.5 Å². The molecule has 114 valence electrons. The molecule has 0 amide bonds. The van der Waals surface area contributed by atoms with Gasteiger partial charge < -0.3 is 9.47 Å². The van der Waals surface area contributed by atoms with E-state index >= 15 is 0 Å². The first-order valence-corrected chi connectivity index (χ1v) is 6.81. The number of benzene rings is 2. The van der Waals surface area contributed by atoms with Crippen LogP contribution in [0, 0.1) is 0 Å². The number of fused-ring (bicyclic) bond motifs is 1. The first kappa shape index (κ1) is 16.3. The van der Waals surface area contributed by atoms with Crippen molar-refractivity contribution >= 4 is 34.9 Å². The van der Waals surface area contributed by atoms with Crippen molar-refractivity contribution in [1.29, 1.82) is 0 Å². The Labute approximate surface area is 139 Å². The molecule has 0 fully saturated rings. The first-order valence-electron chi connectivity index (χ1n) is 6.43. The van der Waals surface area contributed by atoms with E-state index in [2.05, 4.69) is 10.2 Å². The van der Waals surface area contributed by atoms with Gasteiger partial charge in [-0.25, -0.2) is 0 Å². The molecular weight excluding hydrogens is 323 g/mol. The summed E-state index contributed by atoms with van der Waals surface area (Å²) in [6.45, 7) is 0.455. The molecule has 3 aromatic rings. The Morgan fingerprint density at radius 1 is 1.09 bits per heavy atom. The lowest BCUT2D eigenvalue weighted by Crippen LogP contribution is -1.98. The second-order valence-electron chi connectivity index (χ2n) is 4.49. The Balaban J connectivity index is 0.00000176. The molecule has 0 saturated carbocycles. The minimum atomic E-state index is 0. The molecular formula is C16H14Cl2N2O2. The Kier molecular flexibility index (Phi) is 5.41. The first-order chi connectivity index (χ1) is 10.3. The maximum Gasteiger partial charge on any atom is 0.163 e. The van der Waals surface area contributed by atoms with Gasteiger partial charge in [-0.05, 0) is 11.6 Å². The topological polar surface area (TPSA) is 44.2 Å². The van der Waals surface area contributed by atoms with Crippen LogP contribution in [0.4, 0.5) is 0 Å². The summed E-state index contributed by atoms with van der Waals surface area (Å²) in [5, 5.41) is 9.23. The summed E-state index contributed by atoms with van der Waals surface area (Å²) in [5.41, 5.74) is 1.75. The minimum Gasteiger partial charge on any atom is -0.493 e. The van der Waals surface area contributed by atoms with Crippen LogP contribution in [0.1, 0.15) is 5.56 Å². The van der Waals surface area contributed by atoms with E-state index in [0.29, 0.717) is 28.6 Å². The van der Waals surface area contributed by atoms with Gasteiger partial charge in [0.25, 0.3) is 0 Å². The van der Waals surface area contributed by atoms with Crippen molar-refractivity contribution < 1.29 is 9.47 Å². The van der Waals surface area contributed by atoms with Gasteiger partial charge in [0.05, 0.1) is 23.8 Å². The number of halogens is 2. The van der Waals surface area contributed by atoms with Gasteiger partial charge in [0.1, 0.15) is 6.61 Å². The fourth-order valence-corrected chi connectivity index (χ4v) is 2.24. The molecule has 1 aromatic heterocycles. The molecule has 0 aliphatic rings. The van der Waals surface area contributed by atoms with Crippen molar-refractivity contribution in [1.82, 2.24) is 10.2 Å². The maximum atomic E-state index is 6.11. The van der Waals surface area contributed by atoms with Crippen LogP contribution in [0.5, 0.6) is 11.5 Å². The van der Waals surface area contributed by atoms with E-state index in [4.69, 9.17) is 21.1 Å². The minimum absolute atomic E-state index is 0. The number of nitrogens with zero attached hydrogens (tertiary/aromatic N) is 2. The number of ether oxygens (including phenoxy) is 2. The highest BCUT2D eigenvalue weighted by Gasteiger charge is 2.10. The lowest BCUT2D eigenvalue weighted by Gasteiger charge is -2.12. The SMILES string of the molecule is COc1cc2c(Cl)cnnc2cc1OCc1ccccc1.Cl. The van der Waals surface area contributed by atoms with Crippen molar-refractivity contribution in [3.8, 4) is 11.5 Å². The van der Waals surface area contributed by atoms with E-state index in [1.165, 1.54) is 6.20 Å². The zero-order valence-corrected chi connectivity index (χ0v) is 13.4. The molecule has 4 nitrogen and oxygen atoms in total. The average Bonchev–Trinajstić information content (AvgIpc) is 2.53.